The van der Waals surface area contributed by atoms with E-state index in [2.05, 4.69) is 44.4 Å². The predicted molar refractivity (Wildman–Crippen MR) is 63.1 cm³/mol. The van der Waals surface area contributed by atoms with Crippen LogP contribution in [0.3, 0.4) is 0 Å². The molecular formula is C11H21Cl2NSiTi-2. The van der Waals surface area contributed by atoms with Gasteiger partial charge in [-0.05, 0) is 0 Å². The van der Waals surface area contributed by atoms with Crippen molar-refractivity contribution in [3.63, 3.8) is 0 Å². The quantitative estimate of drug-likeness (QED) is 0.363. The van der Waals surface area contributed by atoms with Crippen LogP contribution in [0.4, 0.5) is 0 Å². The zero-order valence-corrected chi connectivity index (χ0v) is 14.8. The van der Waals surface area contributed by atoms with Crippen LogP contribution >= 0.6 is 0 Å². The van der Waals surface area contributed by atoms with Gasteiger partial charge in [-0.15, -0.1) is 12.0 Å². The van der Waals surface area contributed by atoms with Crippen molar-refractivity contribution in [3.8, 4) is 0 Å². The molecule has 5 heteroatoms. The number of rotatable bonds is 0. The molecule has 1 rings (SSSR count). The Balaban J connectivity index is -0.0000000641. The molecule has 0 heterocycles. The smallest absolute Gasteiger partial charge is 0.109 e. The van der Waals surface area contributed by atoms with Crippen molar-refractivity contribution >= 4 is 6.19 Å². The average Bonchev–Trinajstić information content (AvgIpc) is 2.32. The normalized spacial score (nSPS) is 11.0. The van der Waals surface area contributed by atoms with Crippen molar-refractivity contribution in [3.05, 3.63) is 30.0 Å². The number of hydrogen-bond donors (Lipinski definition) is 0. The van der Waals surface area contributed by atoms with Gasteiger partial charge >= 0.3 is 38.5 Å². The van der Waals surface area contributed by atoms with Crippen LogP contribution in [0.1, 0.15) is 27.2 Å². The molecule has 0 fully saturated rings. The Kier molecular flexibility index (Phi) is 25.6. The maximum absolute atomic E-state index is 6.94. The summed E-state index contributed by atoms with van der Waals surface area (Å²) < 4.78 is 0. The Morgan fingerprint density at radius 1 is 1.25 bits per heavy atom. The summed E-state index contributed by atoms with van der Waals surface area (Å²) in [6, 6.07) is 0. The Morgan fingerprint density at radius 3 is 1.62 bits per heavy atom. The SMILES string of the molecule is CC(C)(C)[NH-].C[Si](C)=[Ti+2].[C-]1=CC=CC1.[Cl-].[Cl-]. The molecule has 1 nitrogen and oxygen atoms in total. The first-order valence-electron chi connectivity index (χ1n) is 4.72. The molecule has 16 heavy (non-hydrogen) atoms. The van der Waals surface area contributed by atoms with E-state index >= 15 is 0 Å². The topological polar surface area (TPSA) is 23.8 Å². The van der Waals surface area contributed by atoms with Crippen molar-refractivity contribution in [2.24, 2.45) is 0 Å². The number of halogens is 2. The minimum absolute atomic E-state index is 0. The molecule has 0 spiro atoms. The molecule has 0 aromatic carbocycles. The standard InChI is InChI=1S/C5H5.C4H10N.C2H6Si.2ClH.Ti/c1-2-4-5-3-1;1-4(2,3)5;1-3-2;;;/h1-3H,4H2;5H,1-3H3;1-2H3;2*1H;/q2*-1;;;;+2/p-2. The summed E-state index contributed by atoms with van der Waals surface area (Å²) in [5.41, 5.74) is 6.69. The van der Waals surface area contributed by atoms with Crippen LogP contribution in [0.5, 0.6) is 0 Å². The molecule has 0 saturated carbocycles. The molecule has 0 amide bonds. The molecule has 0 atom stereocenters. The molecule has 94 valence electrons. The molecular weight excluding hydrogens is 293 g/mol. The van der Waals surface area contributed by atoms with E-state index in [4.69, 9.17) is 5.73 Å². The van der Waals surface area contributed by atoms with Gasteiger partial charge in [0, 0.05) is 0 Å². The van der Waals surface area contributed by atoms with Crippen molar-refractivity contribution in [1.29, 1.82) is 0 Å². The summed E-state index contributed by atoms with van der Waals surface area (Å²) >= 11 is 2.27. The first-order chi connectivity index (χ1) is 6.23. The third-order valence-corrected chi connectivity index (χ3v) is 0.586. The van der Waals surface area contributed by atoms with Gasteiger partial charge in [-0.1, -0.05) is 20.8 Å². The summed E-state index contributed by atoms with van der Waals surface area (Å²) in [5.74, 6) is 0. The number of hydrogen-bond acceptors (Lipinski definition) is 0. The molecule has 0 aliphatic heterocycles. The molecule has 1 N–H and O–H groups in total. The second-order valence-corrected chi connectivity index (χ2v) is 10.9. The molecule has 1 aliphatic carbocycles. The molecule has 1 aliphatic rings. The minimum Gasteiger partial charge on any atom is -1.00 e. The van der Waals surface area contributed by atoms with Crippen molar-refractivity contribution < 1.29 is 44.0 Å². The third-order valence-electron chi connectivity index (χ3n) is 0.586. The fourth-order valence-electron chi connectivity index (χ4n) is 0.340. The van der Waals surface area contributed by atoms with Gasteiger partial charge in [0.2, 0.25) is 0 Å². The van der Waals surface area contributed by atoms with Crippen LogP contribution in [-0.4, -0.2) is 11.7 Å². The summed E-state index contributed by atoms with van der Waals surface area (Å²) in [7, 11) is 0. The van der Waals surface area contributed by atoms with Gasteiger partial charge in [0.05, 0.1) is 0 Å². The fraction of sp³-hybridized carbons (Fsp3) is 0.636. The van der Waals surface area contributed by atoms with Crippen LogP contribution in [0.25, 0.3) is 5.73 Å². The summed E-state index contributed by atoms with van der Waals surface area (Å²) in [5, 5.41) is 0. The molecule has 0 saturated heterocycles. The molecule has 0 aromatic rings. The van der Waals surface area contributed by atoms with Gasteiger partial charge in [0.25, 0.3) is 0 Å². The van der Waals surface area contributed by atoms with Crippen LogP contribution in [0, 0.1) is 6.08 Å². The molecule has 0 aromatic heterocycles. The Morgan fingerprint density at radius 2 is 1.56 bits per heavy atom. The second kappa shape index (κ2) is 16.0. The van der Waals surface area contributed by atoms with E-state index in [0.29, 0.717) is 0 Å². The third kappa shape index (κ3) is 82.2. The average molecular weight is 314 g/mol. The van der Waals surface area contributed by atoms with E-state index < -0.39 is 0 Å². The van der Waals surface area contributed by atoms with Gasteiger partial charge in [-0.2, -0.15) is 6.08 Å². The van der Waals surface area contributed by atoms with Gasteiger partial charge in [-0.25, -0.2) is 12.2 Å². The van der Waals surface area contributed by atoms with Gasteiger partial charge < -0.3 is 30.5 Å². The number of allylic oxidation sites excluding steroid dienone is 4. The van der Waals surface area contributed by atoms with Crippen LogP contribution in [0.2, 0.25) is 13.1 Å². The summed E-state index contributed by atoms with van der Waals surface area (Å²) in [4.78, 5) is 0. The first-order valence-corrected chi connectivity index (χ1v) is 9.56. The Labute approximate surface area is 125 Å². The maximum atomic E-state index is 6.94. The Bertz CT molecular complexity index is 191. The van der Waals surface area contributed by atoms with E-state index in [1.807, 2.05) is 32.9 Å². The number of nitrogens with one attached hydrogen (secondary N) is 1. The van der Waals surface area contributed by atoms with E-state index in [-0.39, 0.29) is 36.5 Å². The Hall–Kier alpha value is 0.951. The summed E-state index contributed by atoms with van der Waals surface area (Å²) in [6.07, 6.45) is 10.1. The summed E-state index contributed by atoms with van der Waals surface area (Å²) in [6.45, 7) is 10.1. The van der Waals surface area contributed by atoms with Gasteiger partial charge in [0.15, 0.2) is 0 Å². The van der Waals surface area contributed by atoms with E-state index in [9.17, 15) is 0 Å². The second-order valence-electron chi connectivity index (χ2n) is 4.25. The van der Waals surface area contributed by atoms with Crippen LogP contribution in [-0.2, 0) is 19.2 Å². The van der Waals surface area contributed by atoms with Crippen molar-refractivity contribution in [1.82, 2.24) is 0 Å². The zero-order chi connectivity index (χ0) is 11.6. The minimum atomic E-state index is -0.250. The monoisotopic (exact) mass is 313 g/mol. The van der Waals surface area contributed by atoms with E-state index in [1.54, 1.807) is 0 Å². The predicted octanol–water partition coefficient (Wildman–Crippen LogP) is -2.06. The van der Waals surface area contributed by atoms with E-state index in [1.165, 1.54) is 0 Å². The van der Waals surface area contributed by atoms with Crippen LogP contribution in [0.15, 0.2) is 18.2 Å². The molecule has 0 radical (unpaired) electrons. The first kappa shape index (κ1) is 25.7. The molecule has 0 unspecified atom stereocenters. The fourth-order valence-corrected chi connectivity index (χ4v) is 0.340. The van der Waals surface area contributed by atoms with E-state index in [0.717, 1.165) is 6.42 Å². The van der Waals surface area contributed by atoms with Crippen molar-refractivity contribution in [2.45, 2.75) is 45.8 Å². The van der Waals surface area contributed by atoms with Crippen molar-refractivity contribution in [2.75, 3.05) is 0 Å². The van der Waals surface area contributed by atoms with Gasteiger partial charge in [0.1, 0.15) is 0 Å². The maximum Gasteiger partial charge on any atom is -0.109 e. The zero-order valence-electron chi connectivity index (χ0n) is 10.7. The largest absolute Gasteiger partial charge is 1.00 e. The van der Waals surface area contributed by atoms with Gasteiger partial charge in [-0.3, -0.25) is 6.08 Å². The molecule has 0 bridgehead atoms. The van der Waals surface area contributed by atoms with Crippen LogP contribution < -0.4 is 24.8 Å².